The molecule has 4 nitrogen and oxygen atoms in total. The minimum absolute atomic E-state index is 0.0373. The highest BCUT2D eigenvalue weighted by atomic mass is 35.5. The van der Waals surface area contributed by atoms with E-state index in [1.54, 1.807) is 0 Å². The number of aliphatic hydroxyl groups excluding tert-OH is 1. The number of halogens is 1. The van der Waals surface area contributed by atoms with Crippen molar-refractivity contribution in [2.75, 3.05) is 6.61 Å². The van der Waals surface area contributed by atoms with Crippen LogP contribution in [0.15, 0.2) is 0 Å². The summed E-state index contributed by atoms with van der Waals surface area (Å²) in [6.45, 7) is 7.63. The predicted octanol–water partition coefficient (Wildman–Crippen LogP) is 1.81. The van der Waals surface area contributed by atoms with E-state index in [0.29, 0.717) is 11.4 Å². The number of rotatable bonds is 4. The van der Waals surface area contributed by atoms with E-state index in [9.17, 15) is 0 Å². The third-order valence-corrected chi connectivity index (χ3v) is 3.32. The number of aliphatic hydroxyl groups is 1. The van der Waals surface area contributed by atoms with E-state index in [4.69, 9.17) is 22.4 Å². The van der Waals surface area contributed by atoms with Gasteiger partial charge in [-0.2, -0.15) is 5.10 Å². The lowest BCUT2D eigenvalue weighted by Gasteiger charge is -2.26. The van der Waals surface area contributed by atoms with Crippen molar-refractivity contribution >= 4 is 11.6 Å². The molecule has 0 fully saturated rings. The molecule has 0 radical (unpaired) electrons. The first-order chi connectivity index (χ1) is 7.28. The van der Waals surface area contributed by atoms with Crippen molar-refractivity contribution in [1.82, 2.24) is 9.78 Å². The number of nitrogens with two attached hydrogens (primary N) is 1. The van der Waals surface area contributed by atoms with Crippen LogP contribution >= 0.6 is 11.6 Å². The van der Waals surface area contributed by atoms with Crippen molar-refractivity contribution in [2.45, 2.75) is 45.7 Å². The minimum Gasteiger partial charge on any atom is -0.394 e. The average Bonchev–Trinajstić information content (AvgIpc) is 2.45. The number of hydrogen-bond acceptors (Lipinski definition) is 3. The molecule has 3 N–H and O–H groups in total. The van der Waals surface area contributed by atoms with Crippen molar-refractivity contribution in [3.8, 4) is 0 Å². The zero-order valence-electron chi connectivity index (χ0n) is 10.3. The molecule has 0 aliphatic carbocycles. The zero-order chi connectivity index (χ0) is 12.5. The normalized spacial score (nSPS) is 17.2. The van der Waals surface area contributed by atoms with Crippen molar-refractivity contribution in [3.05, 3.63) is 16.4 Å². The molecule has 92 valence electrons. The maximum atomic E-state index is 9.14. The molecule has 16 heavy (non-hydrogen) atoms. The molecule has 0 bridgehead atoms. The van der Waals surface area contributed by atoms with E-state index >= 15 is 0 Å². The van der Waals surface area contributed by atoms with Crippen LogP contribution in [0.25, 0.3) is 0 Å². The van der Waals surface area contributed by atoms with Crippen LogP contribution in [0, 0.1) is 13.8 Å². The van der Waals surface area contributed by atoms with Gasteiger partial charge in [0.15, 0.2) is 0 Å². The Kier molecular flexibility index (Phi) is 3.99. The summed E-state index contributed by atoms with van der Waals surface area (Å²) >= 11 is 6.08. The first-order valence-corrected chi connectivity index (χ1v) is 5.77. The maximum absolute atomic E-state index is 9.14. The third kappa shape index (κ3) is 2.75. The van der Waals surface area contributed by atoms with Crippen LogP contribution in [-0.2, 0) is 0 Å². The highest BCUT2D eigenvalue weighted by molar-refractivity contribution is 6.31. The van der Waals surface area contributed by atoms with E-state index < -0.39 is 5.54 Å². The third-order valence-electron chi connectivity index (χ3n) is 2.78. The summed E-state index contributed by atoms with van der Waals surface area (Å²) in [6.07, 6.45) is 0.655. The monoisotopic (exact) mass is 245 g/mol. The molecule has 0 aliphatic heterocycles. The fourth-order valence-electron chi connectivity index (χ4n) is 1.90. The molecule has 5 heteroatoms. The molecule has 0 amide bonds. The Morgan fingerprint density at radius 1 is 1.56 bits per heavy atom. The summed E-state index contributed by atoms with van der Waals surface area (Å²) in [6, 6.07) is 0.119. The van der Waals surface area contributed by atoms with Gasteiger partial charge in [-0.05, 0) is 34.1 Å². The second-order valence-corrected chi connectivity index (χ2v) is 5.17. The molecule has 1 rings (SSSR count). The van der Waals surface area contributed by atoms with Gasteiger partial charge in [-0.25, -0.2) is 0 Å². The molecule has 1 aromatic rings. The second-order valence-electron chi connectivity index (χ2n) is 4.79. The summed E-state index contributed by atoms with van der Waals surface area (Å²) in [5, 5.41) is 14.2. The fraction of sp³-hybridized carbons (Fsp3) is 0.727. The second kappa shape index (κ2) is 4.73. The van der Waals surface area contributed by atoms with Gasteiger partial charge in [0.05, 0.1) is 29.1 Å². The van der Waals surface area contributed by atoms with Crippen LogP contribution in [0.4, 0.5) is 0 Å². The molecule has 0 aliphatic rings. The van der Waals surface area contributed by atoms with Gasteiger partial charge in [0, 0.05) is 5.54 Å². The van der Waals surface area contributed by atoms with Gasteiger partial charge < -0.3 is 10.8 Å². The molecular formula is C11H20ClN3O. The van der Waals surface area contributed by atoms with Crippen LogP contribution in [0.2, 0.25) is 5.02 Å². The Bertz CT molecular complexity index is 374. The SMILES string of the molecule is Cc1nn(C(C)CC(C)(N)CO)c(C)c1Cl. The zero-order valence-corrected chi connectivity index (χ0v) is 11.0. The van der Waals surface area contributed by atoms with Gasteiger partial charge in [0.25, 0.3) is 0 Å². The fourth-order valence-corrected chi connectivity index (χ4v) is 2.02. The Labute approximate surface area is 101 Å². The Hall–Kier alpha value is -0.580. The summed E-state index contributed by atoms with van der Waals surface area (Å²) in [5.41, 5.74) is 7.11. The first kappa shape index (κ1) is 13.5. The van der Waals surface area contributed by atoms with Gasteiger partial charge in [0.2, 0.25) is 0 Å². The topological polar surface area (TPSA) is 64.1 Å². The van der Waals surface area contributed by atoms with E-state index in [-0.39, 0.29) is 12.6 Å². The lowest BCUT2D eigenvalue weighted by molar-refractivity contribution is 0.182. The van der Waals surface area contributed by atoms with E-state index in [2.05, 4.69) is 5.10 Å². The number of hydrogen-bond donors (Lipinski definition) is 2. The molecule has 0 aromatic carbocycles. The molecule has 0 saturated heterocycles. The average molecular weight is 246 g/mol. The number of nitrogens with zero attached hydrogens (tertiary/aromatic N) is 2. The summed E-state index contributed by atoms with van der Waals surface area (Å²) < 4.78 is 1.87. The highest BCUT2D eigenvalue weighted by Gasteiger charge is 2.23. The van der Waals surface area contributed by atoms with Crippen LogP contribution < -0.4 is 5.73 Å². The molecule has 2 atom stereocenters. The molecule has 2 unspecified atom stereocenters. The molecule has 1 aromatic heterocycles. The minimum atomic E-state index is -0.585. The first-order valence-electron chi connectivity index (χ1n) is 5.39. The summed E-state index contributed by atoms with van der Waals surface area (Å²) in [4.78, 5) is 0. The van der Waals surface area contributed by atoms with Crippen LogP contribution in [0.5, 0.6) is 0 Å². The van der Waals surface area contributed by atoms with Crippen molar-refractivity contribution in [3.63, 3.8) is 0 Å². The largest absolute Gasteiger partial charge is 0.394 e. The molecular weight excluding hydrogens is 226 g/mol. The van der Waals surface area contributed by atoms with Crippen molar-refractivity contribution < 1.29 is 5.11 Å². The number of aromatic nitrogens is 2. The van der Waals surface area contributed by atoms with E-state index in [0.717, 1.165) is 11.4 Å². The Morgan fingerprint density at radius 3 is 2.50 bits per heavy atom. The van der Waals surface area contributed by atoms with Crippen LogP contribution in [-0.4, -0.2) is 27.0 Å². The standard InChI is InChI=1S/C11H20ClN3O/c1-7(5-11(4,13)6-16)15-9(3)10(12)8(2)14-15/h7,16H,5-6,13H2,1-4H3. The van der Waals surface area contributed by atoms with Gasteiger partial charge in [-0.3, -0.25) is 4.68 Å². The molecule has 0 saturated carbocycles. The lowest BCUT2D eigenvalue weighted by atomic mass is 9.96. The quantitative estimate of drug-likeness (QED) is 0.851. The van der Waals surface area contributed by atoms with Crippen LogP contribution in [0.1, 0.15) is 37.7 Å². The van der Waals surface area contributed by atoms with Crippen LogP contribution in [0.3, 0.4) is 0 Å². The van der Waals surface area contributed by atoms with Gasteiger partial charge >= 0.3 is 0 Å². The predicted molar refractivity (Wildman–Crippen MR) is 65.7 cm³/mol. The summed E-state index contributed by atoms with van der Waals surface area (Å²) in [5.74, 6) is 0. The number of aryl methyl sites for hydroxylation is 1. The highest BCUT2D eigenvalue weighted by Crippen LogP contribution is 2.25. The summed E-state index contributed by atoms with van der Waals surface area (Å²) in [7, 11) is 0. The van der Waals surface area contributed by atoms with Gasteiger partial charge in [-0.1, -0.05) is 11.6 Å². The van der Waals surface area contributed by atoms with E-state index in [1.165, 1.54) is 0 Å². The van der Waals surface area contributed by atoms with Crippen molar-refractivity contribution in [2.24, 2.45) is 5.73 Å². The Morgan fingerprint density at radius 2 is 2.12 bits per heavy atom. The molecule has 1 heterocycles. The van der Waals surface area contributed by atoms with Crippen molar-refractivity contribution in [1.29, 1.82) is 0 Å². The maximum Gasteiger partial charge on any atom is 0.0844 e. The van der Waals surface area contributed by atoms with Gasteiger partial charge in [-0.15, -0.1) is 0 Å². The smallest absolute Gasteiger partial charge is 0.0844 e. The Balaban J connectivity index is 2.89. The lowest BCUT2D eigenvalue weighted by Crippen LogP contribution is -2.42. The molecule has 0 spiro atoms. The van der Waals surface area contributed by atoms with E-state index in [1.807, 2.05) is 32.4 Å². The van der Waals surface area contributed by atoms with Gasteiger partial charge in [0.1, 0.15) is 0 Å².